The van der Waals surface area contributed by atoms with Crippen molar-refractivity contribution in [2.75, 3.05) is 11.9 Å². The van der Waals surface area contributed by atoms with Gasteiger partial charge in [0, 0.05) is 18.4 Å². The monoisotopic (exact) mass is 274 g/mol. The van der Waals surface area contributed by atoms with E-state index in [9.17, 15) is 0 Å². The molecule has 0 spiro atoms. The van der Waals surface area contributed by atoms with Gasteiger partial charge in [-0.25, -0.2) is 0 Å². The normalized spacial score (nSPS) is 19.8. The van der Waals surface area contributed by atoms with Crippen LogP contribution in [-0.4, -0.2) is 6.54 Å². The number of hydrogen-bond donors (Lipinski definition) is 2. The van der Waals surface area contributed by atoms with Crippen LogP contribution in [0.3, 0.4) is 0 Å². The zero-order valence-corrected chi connectivity index (χ0v) is 11.8. The number of anilines is 1. The molecule has 2 heteroatoms. The van der Waals surface area contributed by atoms with E-state index in [1.807, 2.05) is 0 Å². The Bertz CT molecular complexity index is 728. The van der Waals surface area contributed by atoms with Crippen molar-refractivity contribution in [1.29, 1.82) is 0 Å². The summed E-state index contributed by atoms with van der Waals surface area (Å²) >= 11 is 0. The van der Waals surface area contributed by atoms with Crippen LogP contribution in [0.15, 0.2) is 66.4 Å². The lowest BCUT2D eigenvalue weighted by molar-refractivity contribution is 0.567. The van der Waals surface area contributed by atoms with Gasteiger partial charge in [0.15, 0.2) is 0 Å². The van der Waals surface area contributed by atoms with Crippen LogP contribution in [0, 0.1) is 0 Å². The zero-order valence-electron chi connectivity index (χ0n) is 11.8. The molecular weight excluding hydrogens is 256 g/mol. The van der Waals surface area contributed by atoms with Crippen molar-refractivity contribution in [2.45, 2.75) is 12.5 Å². The Balaban J connectivity index is 1.72. The van der Waals surface area contributed by atoms with Crippen molar-refractivity contribution in [1.82, 2.24) is 5.32 Å². The first-order chi connectivity index (χ1) is 10.4. The quantitative estimate of drug-likeness (QED) is 0.824. The molecule has 0 fully saturated rings. The van der Waals surface area contributed by atoms with Crippen molar-refractivity contribution in [3.8, 4) is 0 Å². The average Bonchev–Trinajstić information content (AvgIpc) is 2.77. The third kappa shape index (κ3) is 2.28. The Hall–Kier alpha value is -2.32. The highest BCUT2D eigenvalue weighted by Gasteiger charge is 2.22. The molecule has 2 aliphatic heterocycles. The highest BCUT2D eigenvalue weighted by molar-refractivity contribution is 5.71. The molecule has 0 radical (unpaired) electrons. The predicted octanol–water partition coefficient (Wildman–Crippen LogP) is 3.90. The Morgan fingerprint density at radius 3 is 2.76 bits per heavy atom. The Morgan fingerprint density at radius 1 is 0.905 bits per heavy atom. The summed E-state index contributed by atoms with van der Waals surface area (Å²) in [6.45, 7) is 1.03. The van der Waals surface area contributed by atoms with Crippen LogP contribution in [0.25, 0.3) is 6.08 Å². The standard InChI is InChI=1S/C19H18N2/c1-3-7-17-14(5-1)11-12-20-19(17)16-10-9-15-6-2-4-8-18(15)21-13-16/h1-10,13,19-21H,11-12H2. The van der Waals surface area contributed by atoms with Crippen LogP contribution < -0.4 is 10.6 Å². The van der Waals surface area contributed by atoms with Gasteiger partial charge in [0.2, 0.25) is 0 Å². The first-order valence-electron chi connectivity index (χ1n) is 7.47. The number of nitrogens with one attached hydrogen (secondary N) is 2. The first-order valence-corrected chi connectivity index (χ1v) is 7.47. The predicted molar refractivity (Wildman–Crippen MR) is 88.1 cm³/mol. The summed E-state index contributed by atoms with van der Waals surface area (Å²) in [5, 5.41) is 7.08. The molecular formula is C19H18N2. The van der Waals surface area contributed by atoms with Gasteiger partial charge in [-0.05, 0) is 34.8 Å². The topological polar surface area (TPSA) is 24.1 Å². The molecule has 0 aliphatic carbocycles. The summed E-state index contributed by atoms with van der Waals surface area (Å²) in [5.41, 5.74) is 6.52. The van der Waals surface area contributed by atoms with E-state index in [0.717, 1.165) is 18.7 Å². The van der Waals surface area contributed by atoms with E-state index >= 15 is 0 Å². The number of fused-ring (bicyclic) bond motifs is 2. The van der Waals surface area contributed by atoms with Crippen molar-refractivity contribution >= 4 is 11.8 Å². The number of benzene rings is 2. The Kier molecular flexibility index (Phi) is 3.09. The van der Waals surface area contributed by atoms with E-state index in [1.165, 1.54) is 22.3 Å². The Labute approximate surface area is 125 Å². The van der Waals surface area contributed by atoms with E-state index in [0.29, 0.717) is 0 Å². The largest absolute Gasteiger partial charge is 0.361 e. The van der Waals surface area contributed by atoms with Crippen LogP contribution in [0.4, 0.5) is 5.69 Å². The second-order valence-corrected chi connectivity index (χ2v) is 5.55. The molecule has 0 saturated heterocycles. The molecule has 0 bridgehead atoms. The zero-order chi connectivity index (χ0) is 14.1. The molecule has 2 aromatic carbocycles. The molecule has 2 aliphatic rings. The average molecular weight is 274 g/mol. The number of hydrogen-bond acceptors (Lipinski definition) is 2. The van der Waals surface area contributed by atoms with E-state index in [-0.39, 0.29) is 6.04 Å². The van der Waals surface area contributed by atoms with Gasteiger partial charge in [-0.1, -0.05) is 54.6 Å². The maximum atomic E-state index is 3.64. The third-order valence-corrected chi connectivity index (χ3v) is 4.25. The maximum Gasteiger partial charge on any atom is 0.0593 e. The second kappa shape index (κ2) is 5.23. The molecule has 104 valence electrons. The summed E-state index contributed by atoms with van der Waals surface area (Å²) in [6.07, 6.45) is 7.65. The van der Waals surface area contributed by atoms with Gasteiger partial charge in [0.1, 0.15) is 0 Å². The lowest BCUT2D eigenvalue weighted by Crippen LogP contribution is -2.30. The minimum Gasteiger partial charge on any atom is -0.361 e. The summed E-state index contributed by atoms with van der Waals surface area (Å²) in [4.78, 5) is 0. The number of para-hydroxylation sites is 1. The van der Waals surface area contributed by atoms with Crippen molar-refractivity contribution < 1.29 is 0 Å². The smallest absolute Gasteiger partial charge is 0.0593 e. The maximum absolute atomic E-state index is 3.64. The molecule has 1 unspecified atom stereocenters. The number of rotatable bonds is 1. The summed E-state index contributed by atoms with van der Waals surface area (Å²) in [7, 11) is 0. The molecule has 0 amide bonds. The van der Waals surface area contributed by atoms with Crippen LogP contribution in [0.1, 0.15) is 22.7 Å². The minimum absolute atomic E-state index is 0.271. The van der Waals surface area contributed by atoms with Gasteiger partial charge >= 0.3 is 0 Å². The van der Waals surface area contributed by atoms with Crippen LogP contribution in [0.2, 0.25) is 0 Å². The van der Waals surface area contributed by atoms with E-state index in [4.69, 9.17) is 0 Å². The molecule has 1 atom stereocenters. The molecule has 0 saturated carbocycles. The van der Waals surface area contributed by atoms with E-state index < -0.39 is 0 Å². The highest BCUT2D eigenvalue weighted by Crippen LogP contribution is 2.31. The van der Waals surface area contributed by atoms with E-state index in [1.54, 1.807) is 0 Å². The fraction of sp³-hybridized carbons (Fsp3) is 0.158. The molecule has 2 nitrogen and oxygen atoms in total. The van der Waals surface area contributed by atoms with Gasteiger partial charge in [-0.2, -0.15) is 0 Å². The lowest BCUT2D eigenvalue weighted by Gasteiger charge is -2.27. The van der Waals surface area contributed by atoms with Crippen LogP contribution in [0.5, 0.6) is 0 Å². The van der Waals surface area contributed by atoms with Crippen molar-refractivity contribution in [2.24, 2.45) is 0 Å². The van der Waals surface area contributed by atoms with Crippen LogP contribution in [-0.2, 0) is 6.42 Å². The summed E-state index contributed by atoms with van der Waals surface area (Å²) in [6, 6.07) is 17.4. The molecule has 21 heavy (non-hydrogen) atoms. The fourth-order valence-corrected chi connectivity index (χ4v) is 3.15. The molecule has 4 rings (SSSR count). The Morgan fingerprint density at radius 2 is 1.76 bits per heavy atom. The van der Waals surface area contributed by atoms with Gasteiger partial charge < -0.3 is 10.6 Å². The van der Waals surface area contributed by atoms with Crippen molar-refractivity contribution in [3.63, 3.8) is 0 Å². The van der Waals surface area contributed by atoms with Gasteiger partial charge in [-0.3, -0.25) is 0 Å². The molecule has 2 aromatic rings. The third-order valence-electron chi connectivity index (χ3n) is 4.25. The lowest BCUT2D eigenvalue weighted by atomic mass is 9.90. The second-order valence-electron chi connectivity index (χ2n) is 5.55. The highest BCUT2D eigenvalue weighted by atomic mass is 14.9. The van der Waals surface area contributed by atoms with Crippen molar-refractivity contribution in [3.05, 3.63) is 83.1 Å². The minimum atomic E-state index is 0.271. The SMILES string of the molecule is C1=Cc2ccccc2NC=C1C1NCCc2ccccc21. The van der Waals surface area contributed by atoms with Gasteiger partial charge in [-0.15, -0.1) is 0 Å². The molecule has 0 aromatic heterocycles. The summed E-state index contributed by atoms with van der Waals surface area (Å²) in [5.74, 6) is 0. The first kappa shape index (κ1) is 12.4. The van der Waals surface area contributed by atoms with Crippen LogP contribution >= 0.6 is 0 Å². The molecule has 2 N–H and O–H groups in total. The van der Waals surface area contributed by atoms with E-state index in [2.05, 4.69) is 77.5 Å². The molecule has 2 heterocycles. The summed E-state index contributed by atoms with van der Waals surface area (Å²) < 4.78 is 0. The van der Waals surface area contributed by atoms with Gasteiger partial charge in [0.25, 0.3) is 0 Å². The fourth-order valence-electron chi connectivity index (χ4n) is 3.15. The van der Waals surface area contributed by atoms with Gasteiger partial charge in [0.05, 0.1) is 6.04 Å².